The Morgan fingerprint density at radius 1 is 1.28 bits per heavy atom. The fraction of sp³-hybridized carbons (Fsp3) is 0.529. The van der Waals surface area contributed by atoms with E-state index >= 15 is 0 Å². The number of benzene rings is 1. The van der Waals surface area contributed by atoms with Crippen molar-refractivity contribution in [3.05, 3.63) is 33.8 Å². The summed E-state index contributed by atoms with van der Waals surface area (Å²) >= 11 is 12.0. The van der Waals surface area contributed by atoms with E-state index in [9.17, 15) is 4.79 Å². The van der Waals surface area contributed by atoms with Gasteiger partial charge in [-0.2, -0.15) is 0 Å². The van der Waals surface area contributed by atoms with Crippen molar-refractivity contribution < 1.29 is 4.79 Å². The van der Waals surface area contributed by atoms with E-state index in [1.54, 1.807) is 6.07 Å². The molecule has 0 aromatic heterocycles. The number of aliphatic imine (C=N–C) groups is 1. The van der Waals surface area contributed by atoms with Gasteiger partial charge in [-0.3, -0.25) is 9.79 Å². The summed E-state index contributed by atoms with van der Waals surface area (Å²) in [6.07, 6.45) is 0.369. The third-order valence-electron chi connectivity index (χ3n) is 3.15. The average Bonchev–Trinajstić information content (AvgIpc) is 2.49. The zero-order valence-corrected chi connectivity index (χ0v) is 18.9. The molecular weight excluding hydrogens is 474 g/mol. The lowest BCUT2D eigenvalue weighted by atomic mass is 10.2. The van der Waals surface area contributed by atoms with Crippen molar-refractivity contribution in [1.82, 2.24) is 15.5 Å². The van der Waals surface area contributed by atoms with Crippen LogP contribution in [0.5, 0.6) is 0 Å². The largest absolute Gasteiger partial charge is 0.357 e. The Morgan fingerprint density at radius 3 is 2.52 bits per heavy atom. The molecule has 142 valence electrons. The normalized spacial score (nSPS) is 11.1. The lowest BCUT2D eigenvalue weighted by Crippen LogP contribution is -2.39. The second-order valence-corrected chi connectivity index (χ2v) is 6.63. The summed E-state index contributed by atoms with van der Waals surface area (Å²) in [5, 5.41) is 7.17. The second kappa shape index (κ2) is 12.6. The number of carbonyl (C=O) groups excluding carboxylic acids is 1. The highest BCUT2D eigenvalue weighted by Crippen LogP contribution is 2.23. The number of guanidine groups is 1. The first-order valence-electron chi connectivity index (χ1n) is 8.06. The summed E-state index contributed by atoms with van der Waals surface area (Å²) in [7, 11) is 1.94. The van der Waals surface area contributed by atoms with Gasteiger partial charge in [-0.25, -0.2) is 0 Å². The van der Waals surface area contributed by atoms with Crippen molar-refractivity contribution in [1.29, 1.82) is 0 Å². The van der Waals surface area contributed by atoms with Gasteiger partial charge in [-0.05, 0) is 38.5 Å². The maximum Gasteiger partial charge on any atom is 0.222 e. The minimum atomic E-state index is 0. The highest BCUT2D eigenvalue weighted by Gasteiger charge is 2.09. The van der Waals surface area contributed by atoms with E-state index in [1.807, 2.05) is 44.9 Å². The Bertz CT molecular complexity index is 582. The summed E-state index contributed by atoms with van der Waals surface area (Å²) in [6.45, 7) is 7.72. The van der Waals surface area contributed by atoms with Crippen molar-refractivity contribution in [2.24, 2.45) is 4.99 Å². The van der Waals surface area contributed by atoms with Gasteiger partial charge in [0, 0.05) is 32.6 Å². The fourth-order valence-corrected chi connectivity index (χ4v) is 2.43. The first-order chi connectivity index (χ1) is 11.3. The van der Waals surface area contributed by atoms with Crippen LogP contribution in [0.2, 0.25) is 10.0 Å². The van der Waals surface area contributed by atoms with Gasteiger partial charge in [0.25, 0.3) is 0 Å². The van der Waals surface area contributed by atoms with Crippen LogP contribution in [0.1, 0.15) is 32.8 Å². The van der Waals surface area contributed by atoms with Crippen LogP contribution in [0.15, 0.2) is 23.2 Å². The molecule has 0 aliphatic rings. The molecule has 0 spiro atoms. The van der Waals surface area contributed by atoms with Crippen molar-refractivity contribution in [3.8, 4) is 0 Å². The van der Waals surface area contributed by atoms with Gasteiger partial charge in [0.1, 0.15) is 0 Å². The molecule has 2 N–H and O–H groups in total. The molecule has 0 bridgehead atoms. The Hall–Kier alpha value is -0.730. The predicted molar refractivity (Wildman–Crippen MR) is 117 cm³/mol. The van der Waals surface area contributed by atoms with Crippen LogP contribution in [0, 0.1) is 0 Å². The molecular formula is C17H27Cl2IN4O. The quantitative estimate of drug-likeness (QED) is 0.339. The molecule has 8 heteroatoms. The number of hydrogen-bond donors (Lipinski definition) is 2. The molecule has 1 aromatic rings. The van der Waals surface area contributed by atoms with E-state index in [-0.39, 0.29) is 35.9 Å². The third-order valence-corrected chi connectivity index (χ3v) is 3.89. The Labute approximate surface area is 177 Å². The molecule has 1 aromatic carbocycles. The Balaban J connectivity index is 0.00000576. The van der Waals surface area contributed by atoms with Crippen molar-refractivity contribution in [2.75, 3.05) is 20.1 Å². The van der Waals surface area contributed by atoms with Gasteiger partial charge in [0.05, 0.1) is 16.6 Å². The highest BCUT2D eigenvalue weighted by molar-refractivity contribution is 14.0. The van der Waals surface area contributed by atoms with Gasteiger partial charge in [0.15, 0.2) is 5.96 Å². The maximum atomic E-state index is 11.7. The second-order valence-electron chi connectivity index (χ2n) is 5.81. The molecule has 0 fully saturated rings. The molecule has 1 amide bonds. The summed E-state index contributed by atoms with van der Waals surface area (Å²) in [4.78, 5) is 18.2. The van der Waals surface area contributed by atoms with E-state index in [1.165, 1.54) is 0 Å². The smallest absolute Gasteiger partial charge is 0.222 e. The molecule has 0 aliphatic carbocycles. The maximum absolute atomic E-state index is 11.7. The predicted octanol–water partition coefficient (Wildman–Crippen LogP) is 3.92. The molecule has 0 aliphatic heterocycles. The SMILES string of the molecule is CCNC(=NCCC(=O)NC(C)C)N(C)Cc1ccc(Cl)c(Cl)c1.I. The Morgan fingerprint density at radius 2 is 1.96 bits per heavy atom. The van der Waals surface area contributed by atoms with E-state index in [0.29, 0.717) is 29.6 Å². The van der Waals surface area contributed by atoms with Crippen LogP contribution < -0.4 is 10.6 Å². The van der Waals surface area contributed by atoms with Crippen LogP contribution >= 0.6 is 47.2 Å². The first kappa shape index (κ1) is 24.3. The molecule has 0 saturated carbocycles. The van der Waals surface area contributed by atoms with Crippen LogP contribution in [0.4, 0.5) is 0 Å². The summed E-state index contributed by atoms with van der Waals surface area (Å²) < 4.78 is 0. The zero-order valence-electron chi connectivity index (χ0n) is 15.1. The first-order valence-corrected chi connectivity index (χ1v) is 8.81. The van der Waals surface area contributed by atoms with Gasteiger partial charge in [-0.1, -0.05) is 29.3 Å². The Kier molecular flexibility index (Phi) is 12.2. The van der Waals surface area contributed by atoms with Crippen molar-refractivity contribution in [2.45, 2.75) is 39.8 Å². The van der Waals surface area contributed by atoms with Crippen LogP contribution in [0.25, 0.3) is 0 Å². The number of carbonyl (C=O) groups is 1. The standard InChI is InChI=1S/C17H26Cl2N4O.HI/c1-5-20-17(21-9-8-16(24)22-12(2)3)23(4)11-13-6-7-14(18)15(19)10-13;/h6-7,10,12H,5,8-9,11H2,1-4H3,(H,20,21)(H,22,24);1H. The molecule has 0 saturated heterocycles. The summed E-state index contributed by atoms with van der Waals surface area (Å²) in [5.41, 5.74) is 1.04. The molecule has 0 unspecified atom stereocenters. The van der Waals surface area contributed by atoms with Crippen molar-refractivity contribution >= 4 is 59.0 Å². The summed E-state index contributed by atoms with van der Waals surface area (Å²) in [5.74, 6) is 0.762. The average molecular weight is 501 g/mol. The van der Waals surface area contributed by atoms with Gasteiger partial charge in [0.2, 0.25) is 5.91 Å². The number of nitrogens with one attached hydrogen (secondary N) is 2. The number of rotatable bonds is 7. The third kappa shape index (κ3) is 9.51. The zero-order chi connectivity index (χ0) is 18.1. The van der Waals surface area contributed by atoms with E-state index < -0.39 is 0 Å². The van der Waals surface area contributed by atoms with Gasteiger partial charge in [-0.15, -0.1) is 24.0 Å². The lowest BCUT2D eigenvalue weighted by molar-refractivity contribution is -0.121. The highest BCUT2D eigenvalue weighted by atomic mass is 127. The van der Waals surface area contributed by atoms with Gasteiger partial charge >= 0.3 is 0 Å². The van der Waals surface area contributed by atoms with E-state index in [0.717, 1.165) is 18.1 Å². The molecule has 5 nitrogen and oxygen atoms in total. The van der Waals surface area contributed by atoms with Crippen molar-refractivity contribution in [3.63, 3.8) is 0 Å². The van der Waals surface area contributed by atoms with E-state index in [4.69, 9.17) is 23.2 Å². The number of hydrogen-bond acceptors (Lipinski definition) is 2. The summed E-state index contributed by atoms with van der Waals surface area (Å²) in [6, 6.07) is 5.71. The van der Waals surface area contributed by atoms with Crippen LogP contribution in [0.3, 0.4) is 0 Å². The minimum absolute atomic E-state index is 0. The van der Waals surface area contributed by atoms with Crippen LogP contribution in [-0.4, -0.2) is 42.9 Å². The number of amides is 1. The molecule has 0 atom stereocenters. The molecule has 25 heavy (non-hydrogen) atoms. The lowest BCUT2D eigenvalue weighted by Gasteiger charge is -2.22. The minimum Gasteiger partial charge on any atom is -0.357 e. The van der Waals surface area contributed by atoms with Gasteiger partial charge < -0.3 is 15.5 Å². The molecule has 1 rings (SSSR count). The fourth-order valence-electron chi connectivity index (χ4n) is 2.11. The van der Waals surface area contributed by atoms with Crippen LogP contribution in [-0.2, 0) is 11.3 Å². The molecule has 0 radical (unpaired) electrons. The molecule has 0 heterocycles. The number of nitrogens with zero attached hydrogens (tertiary/aromatic N) is 2. The number of halogens is 3. The topological polar surface area (TPSA) is 56.7 Å². The van der Waals surface area contributed by atoms with E-state index in [2.05, 4.69) is 15.6 Å². The monoisotopic (exact) mass is 500 g/mol.